The summed E-state index contributed by atoms with van der Waals surface area (Å²) < 4.78 is 1.78. The summed E-state index contributed by atoms with van der Waals surface area (Å²) in [5.74, 6) is 1.84. The molecule has 136 valence electrons. The smallest absolute Gasteiger partial charge is 0.185 e. The molecule has 4 rings (SSSR count). The van der Waals surface area contributed by atoms with Gasteiger partial charge in [-0.05, 0) is 24.6 Å². The zero-order valence-corrected chi connectivity index (χ0v) is 15.2. The molecular formula is C21H21N5O. The van der Waals surface area contributed by atoms with Crippen molar-refractivity contribution in [3.8, 4) is 17.1 Å². The maximum Gasteiger partial charge on any atom is 0.185 e. The van der Waals surface area contributed by atoms with E-state index in [2.05, 4.69) is 22.0 Å². The highest BCUT2D eigenvalue weighted by molar-refractivity contribution is 5.59. The second kappa shape index (κ2) is 7.45. The molecule has 2 aromatic carbocycles. The fraction of sp³-hybridized carbons (Fsp3) is 0.190. The Morgan fingerprint density at radius 3 is 2.48 bits per heavy atom. The lowest BCUT2D eigenvalue weighted by atomic mass is 10.2. The van der Waals surface area contributed by atoms with Crippen molar-refractivity contribution in [2.75, 3.05) is 11.4 Å². The molecule has 0 aliphatic carbocycles. The van der Waals surface area contributed by atoms with Crippen molar-refractivity contribution in [1.29, 1.82) is 0 Å². The molecule has 6 heteroatoms. The van der Waals surface area contributed by atoms with Crippen LogP contribution in [0.25, 0.3) is 17.0 Å². The van der Waals surface area contributed by atoms with Gasteiger partial charge < -0.3 is 10.0 Å². The molecule has 0 amide bonds. The third-order valence-corrected chi connectivity index (χ3v) is 4.45. The Kier molecular flexibility index (Phi) is 4.70. The predicted octanol–water partition coefficient (Wildman–Crippen LogP) is 3.91. The summed E-state index contributed by atoms with van der Waals surface area (Å²) in [6, 6.07) is 21.2. The van der Waals surface area contributed by atoms with Gasteiger partial charge in [-0.25, -0.2) is 0 Å². The SMILES string of the molecule is CCCN(Cc1ccccc1O)c1ccc2nnc(-c3ccccc3)n2n1. The van der Waals surface area contributed by atoms with E-state index in [9.17, 15) is 5.11 Å². The van der Waals surface area contributed by atoms with Gasteiger partial charge in [-0.3, -0.25) is 0 Å². The van der Waals surface area contributed by atoms with Crippen LogP contribution in [-0.4, -0.2) is 31.5 Å². The van der Waals surface area contributed by atoms with E-state index in [1.54, 1.807) is 10.6 Å². The molecule has 0 saturated heterocycles. The van der Waals surface area contributed by atoms with E-state index >= 15 is 0 Å². The third kappa shape index (κ3) is 3.46. The first-order valence-corrected chi connectivity index (χ1v) is 9.06. The number of anilines is 1. The monoisotopic (exact) mass is 359 g/mol. The zero-order valence-electron chi connectivity index (χ0n) is 15.2. The number of benzene rings is 2. The fourth-order valence-corrected chi connectivity index (χ4v) is 3.11. The normalized spacial score (nSPS) is 11.0. The minimum absolute atomic E-state index is 0.300. The van der Waals surface area contributed by atoms with Gasteiger partial charge in [0, 0.05) is 24.2 Å². The first kappa shape index (κ1) is 17.0. The summed E-state index contributed by atoms with van der Waals surface area (Å²) in [6.45, 7) is 3.54. The first-order valence-electron chi connectivity index (χ1n) is 9.06. The van der Waals surface area contributed by atoms with Gasteiger partial charge in [-0.2, -0.15) is 4.52 Å². The number of phenols is 1. The number of phenolic OH excluding ortho intramolecular Hbond substituents is 1. The number of rotatable bonds is 6. The topological polar surface area (TPSA) is 66.5 Å². The average molecular weight is 359 g/mol. The Labute approximate surface area is 157 Å². The summed E-state index contributed by atoms with van der Waals surface area (Å²) in [4.78, 5) is 2.16. The Hall–Kier alpha value is -3.41. The van der Waals surface area contributed by atoms with Crippen molar-refractivity contribution in [2.24, 2.45) is 0 Å². The Bertz CT molecular complexity index is 1040. The third-order valence-electron chi connectivity index (χ3n) is 4.45. The van der Waals surface area contributed by atoms with Crippen molar-refractivity contribution in [3.05, 3.63) is 72.3 Å². The number of para-hydroxylation sites is 1. The van der Waals surface area contributed by atoms with Crippen LogP contribution < -0.4 is 4.90 Å². The van der Waals surface area contributed by atoms with Gasteiger partial charge in [0.2, 0.25) is 0 Å². The van der Waals surface area contributed by atoms with Gasteiger partial charge in [0.1, 0.15) is 11.6 Å². The van der Waals surface area contributed by atoms with Crippen molar-refractivity contribution < 1.29 is 5.11 Å². The van der Waals surface area contributed by atoms with Crippen LogP contribution in [-0.2, 0) is 6.54 Å². The molecule has 0 fully saturated rings. The Morgan fingerprint density at radius 1 is 0.926 bits per heavy atom. The van der Waals surface area contributed by atoms with E-state index in [0.29, 0.717) is 23.8 Å². The van der Waals surface area contributed by atoms with Crippen LogP contribution in [0.1, 0.15) is 18.9 Å². The molecule has 0 spiro atoms. The molecular weight excluding hydrogens is 338 g/mol. The highest BCUT2D eigenvalue weighted by atomic mass is 16.3. The largest absolute Gasteiger partial charge is 0.508 e. The molecule has 27 heavy (non-hydrogen) atoms. The maximum absolute atomic E-state index is 10.1. The van der Waals surface area contributed by atoms with E-state index in [4.69, 9.17) is 5.10 Å². The van der Waals surface area contributed by atoms with E-state index < -0.39 is 0 Å². The van der Waals surface area contributed by atoms with Gasteiger partial charge in [0.25, 0.3) is 0 Å². The van der Waals surface area contributed by atoms with Crippen LogP contribution in [0.15, 0.2) is 66.7 Å². The molecule has 0 unspecified atom stereocenters. The van der Waals surface area contributed by atoms with Crippen LogP contribution in [0.5, 0.6) is 5.75 Å². The number of hydrogen-bond donors (Lipinski definition) is 1. The minimum atomic E-state index is 0.300. The Morgan fingerprint density at radius 2 is 1.70 bits per heavy atom. The number of hydrogen-bond acceptors (Lipinski definition) is 5. The lowest BCUT2D eigenvalue weighted by molar-refractivity contribution is 0.467. The van der Waals surface area contributed by atoms with Gasteiger partial charge >= 0.3 is 0 Å². The lowest BCUT2D eigenvalue weighted by Crippen LogP contribution is -2.25. The summed E-state index contributed by atoms with van der Waals surface area (Å²) in [6.07, 6.45) is 0.973. The molecule has 0 aliphatic rings. The molecule has 6 nitrogen and oxygen atoms in total. The molecule has 2 heterocycles. The molecule has 0 aliphatic heterocycles. The molecule has 2 aromatic heterocycles. The summed E-state index contributed by atoms with van der Waals surface area (Å²) in [5.41, 5.74) is 2.55. The van der Waals surface area contributed by atoms with Gasteiger partial charge in [0.05, 0.1) is 0 Å². The lowest BCUT2D eigenvalue weighted by Gasteiger charge is -2.23. The van der Waals surface area contributed by atoms with Crippen molar-refractivity contribution >= 4 is 11.5 Å². The standard InChI is InChI=1S/C21H21N5O/c1-2-14-25(15-17-10-6-7-11-18(17)27)20-13-12-19-22-23-21(26(19)24-20)16-8-4-3-5-9-16/h3-13,27H,2,14-15H2,1H3. The predicted molar refractivity (Wildman–Crippen MR) is 106 cm³/mol. The van der Waals surface area contributed by atoms with Crippen molar-refractivity contribution in [1.82, 2.24) is 19.8 Å². The summed E-state index contributed by atoms with van der Waals surface area (Å²) >= 11 is 0. The van der Waals surface area contributed by atoms with Crippen molar-refractivity contribution in [2.45, 2.75) is 19.9 Å². The van der Waals surface area contributed by atoms with Crippen LogP contribution >= 0.6 is 0 Å². The second-order valence-electron chi connectivity index (χ2n) is 6.40. The fourth-order valence-electron chi connectivity index (χ4n) is 3.11. The molecule has 0 saturated carbocycles. The molecule has 1 N–H and O–H groups in total. The molecule has 4 aromatic rings. The van der Waals surface area contributed by atoms with Crippen LogP contribution in [0, 0.1) is 0 Å². The number of aromatic nitrogens is 4. The molecule has 0 radical (unpaired) electrons. The van der Waals surface area contributed by atoms with Gasteiger partial charge in [-0.15, -0.1) is 15.3 Å². The number of aromatic hydroxyl groups is 1. The first-order chi connectivity index (χ1) is 13.3. The van der Waals surface area contributed by atoms with Crippen LogP contribution in [0.4, 0.5) is 5.82 Å². The highest BCUT2D eigenvalue weighted by Gasteiger charge is 2.14. The van der Waals surface area contributed by atoms with Gasteiger partial charge in [0.15, 0.2) is 11.5 Å². The zero-order chi connectivity index (χ0) is 18.6. The second-order valence-corrected chi connectivity index (χ2v) is 6.40. The average Bonchev–Trinajstić information content (AvgIpc) is 3.13. The van der Waals surface area contributed by atoms with Gasteiger partial charge in [-0.1, -0.05) is 55.5 Å². The quantitative estimate of drug-likeness (QED) is 0.565. The molecule has 0 atom stereocenters. The van der Waals surface area contributed by atoms with Crippen LogP contribution in [0.2, 0.25) is 0 Å². The van der Waals surface area contributed by atoms with E-state index in [0.717, 1.165) is 29.9 Å². The molecule has 0 bridgehead atoms. The minimum Gasteiger partial charge on any atom is -0.508 e. The van der Waals surface area contributed by atoms with E-state index in [-0.39, 0.29) is 0 Å². The number of nitrogens with zero attached hydrogens (tertiary/aromatic N) is 5. The van der Waals surface area contributed by atoms with Crippen LogP contribution in [0.3, 0.4) is 0 Å². The summed E-state index contributed by atoms with van der Waals surface area (Å²) in [7, 11) is 0. The Balaban J connectivity index is 1.73. The maximum atomic E-state index is 10.1. The number of fused-ring (bicyclic) bond motifs is 1. The summed E-state index contributed by atoms with van der Waals surface area (Å²) in [5, 5.41) is 23.5. The van der Waals surface area contributed by atoms with E-state index in [1.807, 2.05) is 60.7 Å². The highest BCUT2D eigenvalue weighted by Crippen LogP contribution is 2.23. The van der Waals surface area contributed by atoms with E-state index in [1.165, 1.54) is 0 Å². The van der Waals surface area contributed by atoms with Crippen molar-refractivity contribution in [3.63, 3.8) is 0 Å².